The molecule has 0 unspecified atom stereocenters. The minimum Gasteiger partial charge on any atom is -0.462 e. The Bertz CT molecular complexity index is 268. The third kappa shape index (κ3) is 11.9. The highest BCUT2D eigenvalue weighted by atomic mass is 19.3. The van der Waals surface area contributed by atoms with Crippen molar-refractivity contribution in [2.24, 2.45) is 0 Å². The third-order valence-electron chi connectivity index (χ3n) is 3.92. The lowest BCUT2D eigenvalue weighted by molar-refractivity contribution is -0.172. The summed E-state index contributed by atoms with van der Waals surface area (Å²) in [7, 11) is 0. The van der Waals surface area contributed by atoms with Gasteiger partial charge >= 0.3 is 11.9 Å². The second kappa shape index (κ2) is 14.0. The van der Waals surface area contributed by atoms with Gasteiger partial charge in [-0.1, -0.05) is 77.6 Å². The summed E-state index contributed by atoms with van der Waals surface area (Å²) in [6, 6.07) is 0. The third-order valence-corrected chi connectivity index (χ3v) is 3.92. The number of halogens is 2. The fourth-order valence-electron chi connectivity index (χ4n) is 2.53. The highest BCUT2D eigenvalue weighted by Gasteiger charge is 2.39. The Hall–Kier alpha value is -0.670. The van der Waals surface area contributed by atoms with Gasteiger partial charge in [-0.15, -0.1) is 0 Å². The van der Waals surface area contributed by atoms with Gasteiger partial charge in [0.25, 0.3) is 0 Å². The Labute approximate surface area is 135 Å². The Morgan fingerprint density at radius 3 is 1.59 bits per heavy atom. The van der Waals surface area contributed by atoms with Crippen LogP contribution in [0, 0.1) is 0 Å². The fraction of sp³-hybridized carbons (Fsp3) is 0.944. The predicted octanol–water partition coefficient (Wildman–Crippen LogP) is 6.28. The van der Waals surface area contributed by atoms with Gasteiger partial charge in [0.1, 0.15) is 0 Å². The Morgan fingerprint density at radius 2 is 1.18 bits per heavy atom. The maximum atomic E-state index is 13.3. The van der Waals surface area contributed by atoms with Gasteiger partial charge in [0.05, 0.1) is 6.61 Å². The van der Waals surface area contributed by atoms with Gasteiger partial charge in [-0.2, -0.15) is 8.78 Å². The molecule has 0 atom stereocenters. The van der Waals surface area contributed by atoms with E-state index in [1.807, 2.05) is 0 Å². The van der Waals surface area contributed by atoms with E-state index in [2.05, 4.69) is 11.7 Å². The molecule has 0 radical (unpaired) electrons. The van der Waals surface area contributed by atoms with E-state index in [4.69, 9.17) is 0 Å². The Morgan fingerprint density at radius 1 is 0.773 bits per heavy atom. The number of hydrogen-bond donors (Lipinski definition) is 0. The maximum absolute atomic E-state index is 13.3. The van der Waals surface area contributed by atoms with Crippen LogP contribution in [-0.4, -0.2) is 18.5 Å². The molecule has 0 saturated heterocycles. The quantitative estimate of drug-likeness (QED) is 0.262. The molecule has 22 heavy (non-hydrogen) atoms. The molecule has 0 aromatic rings. The standard InChI is InChI=1S/C18H34F2O2/c1-3-5-6-7-8-9-10-11-12-13-14-15-16-18(19,20)17(21)22-4-2/h3-16H2,1-2H3. The van der Waals surface area contributed by atoms with Gasteiger partial charge in [0, 0.05) is 6.42 Å². The van der Waals surface area contributed by atoms with Gasteiger partial charge in [-0.3, -0.25) is 0 Å². The van der Waals surface area contributed by atoms with Gasteiger partial charge < -0.3 is 4.74 Å². The van der Waals surface area contributed by atoms with Crippen LogP contribution in [0.15, 0.2) is 0 Å². The maximum Gasteiger partial charge on any atom is 0.376 e. The van der Waals surface area contributed by atoms with E-state index < -0.39 is 11.9 Å². The second-order valence-electron chi connectivity index (χ2n) is 6.06. The van der Waals surface area contributed by atoms with E-state index >= 15 is 0 Å². The molecule has 4 heteroatoms. The van der Waals surface area contributed by atoms with Crippen LogP contribution in [0.5, 0.6) is 0 Å². The van der Waals surface area contributed by atoms with Gasteiger partial charge in [-0.25, -0.2) is 4.79 Å². The molecule has 0 aromatic heterocycles. The smallest absolute Gasteiger partial charge is 0.376 e. The number of alkyl halides is 2. The number of unbranched alkanes of at least 4 members (excludes halogenated alkanes) is 11. The zero-order chi connectivity index (χ0) is 16.7. The van der Waals surface area contributed by atoms with Crippen LogP contribution in [0.4, 0.5) is 8.78 Å². The first kappa shape index (κ1) is 21.3. The fourth-order valence-corrected chi connectivity index (χ4v) is 2.53. The van der Waals surface area contributed by atoms with Crippen LogP contribution < -0.4 is 0 Å². The van der Waals surface area contributed by atoms with E-state index in [9.17, 15) is 13.6 Å². The van der Waals surface area contributed by atoms with E-state index in [0.717, 1.165) is 19.3 Å². The lowest BCUT2D eigenvalue weighted by Crippen LogP contribution is -2.30. The van der Waals surface area contributed by atoms with Crippen LogP contribution in [-0.2, 0) is 9.53 Å². The van der Waals surface area contributed by atoms with Crippen LogP contribution >= 0.6 is 0 Å². The minimum absolute atomic E-state index is 0.00681. The Balaban J connectivity index is 3.34. The number of rotatable bonds is 15. The Kier molecular flexibility index (Phi) is 13.5. The van der Waals surface area contributed by atoms with Crippen molar-refractivity contribution in [2.45, 2.75) is 103 Å². The summed E-state index contributed by atoms with van der Waals surface area (Å²) in [6.45, 7) is 3.77. The van der Waals surface area contributed by atoms with E-state index in [-0.39, 0.29) is 13.0 Å². The summed E-state index contributed by atoms with van der Waals surface area (Å²) < 4.78 is 31.0. The first-order chi connectivity index (χ1) is 10.5. The van der Waals surface area contributed by atoms with Crippen molar-refractivity contribution in [3.8, 4) is 0 Å². The zero-order valence-electron chi connectivity index (χ0n) is 14.5. The van der Waals surface area contributed by atoms with E-state index in [0.29, 0.717) is 6.42 Å². The summed E-state index contributed by atoms with van der Waals surface area (Å²) in [4.78, 5) is 11.0. The van der Waals surface area contributed by atoms with Crippen LogP contribution in [0.25, 0.3) is 0 Å². The molecular weight excluding hydrogens is 286 g/mol. The van der Waals surface area contributed by atoms with Crippen molar-refractivity contribution in [1.29, 1.82) is 0 Å². The number of carbonyl (C=O) groups is 1. The van der Waals surface area contributed by atoms with Crippen molar-refractivity contribution in [3.05, 3.63) is 0 Å². The average Bonchev–Trinajstić information content (AvgIpc) is 2.48. The number of carbonyl (C=O) groups excluding carboxylic acids is 1. The molecule has 0 bridgehead atoms. The minimum atomic E-state index is -3.31. The molecule has 0 saturated carbocycles. The van der Waals surface area contributed by atoms with Crippen LogP contribution in [0.2, 0.25) is 0 Å². The van der Waals surface area contributed by atoms with Crippen molar-refractivity contribution in [1.82, 2.24) is 0 Å². The number of ether oxygens (including phenoxy) is 1. The molecule has 0 aliphatic carbocycles. The zero-order valence-corrected chi connectivity index (χ0v) is 14.5. The summed E-state index contributed by atoms with van der Waals surface area (Å²) in [6.07, 6.45) is 13.3. The number of hydrogen-bond acceptors (Lipinski definition) is 2. The average molecular weight is 320 g/mol. The van der Waals surface area contributed by atoms with Crippen molar-refractivity contribution >= 4 is 5.97 Å². The summed E-state index contributed by atoms with van der Waals surface area (Å²) in [5, 5.41) is 0. The van der Waals surface area contributed by atoms with Gasteiger partial charge in [0.15, 0.2) is 0 Å². The molecule has 2 nitrogen and oxygen atoms in total. The predicted molar refractivity (Wildman–Crippen MR) is 87.3 cm³/mol. The second-order valence-corrected chi connectivity index (χ2v) is 6.06. The first-order valence-electron chi connectivity index (χ1n) is 9.09. The van der Waals surface area contributed by atoms with Crippen molar-refractivity contribution in [3.63, 3.8) is 0 Å². The highest BCUT2D eigenvalue weighted by molar-refractivity contribution is 5.77. The normalized spacial score (nSPS) is 11.6. The summed E-state index contributed by atoms with van der Waals surface area (Å²) in [5.74, 6) is -4.69. The summed E-state index contributed by atoms with van der Waals surface area (Å²) >= 11 is 0. The van der Waals surface area contributed by atoms with E-state index in [1.165, 1.54) is 58.3 Å². The number of esters is 1. The molecule has 0 aliphatic heterocycles. The van der Waals surface area contributed by atoms with Gasteiger partial charge in [-0.05, 0) is 13.3 Å². The topological polar surface area (TPSA) is 26.3 Å². The molecule has 0 aromatic carbocycles. The molecule has 132 valence electrons. The first-order valence-corrected chi connectivity index (χ1v) is 9.09. The molecule has 0 fully saturated rings. The lowest BCUT2D eigenvalue weighted by atomic mass is 10.0. The van der Waals surface area contributed by atoms with Crippen molar-refractivity contribution in [2.75, 3.05) is 6.61 Å². The summed E-state index contributed by atoms with van der Waals surface area (Å²) in [5.41, 5.74) is 0. The van der Waals surface area contributed by atoms with Crippen molar-refractivity contribution < 1.29 is 18.3 Å². The SMILES string of the molecule is CCCCCCCCCCCCCCC(F)(F)C(=O)OCC. The van der Waals surface area contributed by atoms with Crippen LogP contribution in [0.3, 0.4) is 0 Å². The highest BCUT2D eigenvalue weighted by Crippen LogP contribution is 2.24. The monoisotopic (exact) mass is 320 g/mol. The molecule has 0 N–H and O–H groups in total. The molecule has 0 rings (SSSR count). The molecule has 0 spiro atoms. The molecular formula is C18H34F2O2. The van der Waals surface area contributed by atoms with E-state index in [1.54, 1.807) is 0 Å². The van der Waals surface area contributed by atoms with Gasteiger partial charge in [0.2, 0.25) is 0 Å². The molecule has 0 aliphatic rings. The molecule has 0 amide bonds. The lowest BCUT2D eigenvalue weighted by Gasteiger charge is -2.14. The van der Waals surface area contributed by atoms with Crippen LogP contribution in [0.1, 0.15) is 97.3 Å². The largest absolute Gasteiger partial charge is 0.462 e. The molecule has 0 heterocycles.